The van der Waals surface area contributed by atoms with Crippen LogP contribution in [0.5, 0.6) is 0 Å². The molecule has 0 N–H and O–H groups in total. The minimum Gasteiger partial charge on any atom is -0.462 e. The van der Waals surface area contributed by atoms with Gasteiger partial charge >= 0.3 is 12.1 Å². The Morgan fingerprint density at radius 2 is 1.63 bits per heavy atom. The molecule has 7 heteroatoms. The summed E-state index contributed by atoms with van der Waals surface area (Å²) >= 11 is 11.1. The van der Waals surface area contributed by atoms with Gasteiger partial charge in [0.15, 0.2) is 0 Å². The average molecular weight is 312 g/mol. The summed E-state index contributed by atoms with van der Waals surface area (Å²) < 4.78 is 9.86. The van der Waals surface area contributed by atoms with Crippen LogP contribution in [-0.4, -0.2) is 55.0 Å². The van der Waals surface area contributed by atoms with Gasteiger partial charge in [-0.3, -0.25) is 0 Å². The number of halogens is 2. The van der Waals surface area contributed by atoms with Gasteiger partial charge in [0.05, 0.1) is 13.2 Å². The Morgan fingerprint density at radius 3 is 2.11 bits per heavy atom. The number of carbonyl (C=O) groups excluding carboxylic acids is 2. The van der Waals surface area contributed by atoms with E-state index < -0.39 is 12.1 Å². The van der Waals surface area contributed by atoms with Crippen LogP contribution in [0.15, 0.2) is 12.2 Å². The summed E-state index contributed by atoms with van der Waals surface area (Å²) in [5.74, 6) is 0.196. The summed E-state index contributed by atoms with van der Waals surface area (Å²) in [5, 5.41) is 0. The summed E-state index contributed by atoms with van der Waals surface area (Å²) in [7, 11) is 0. The standard InChI is InChI=1S/C12H19Cl2NO4/c1-10(2)11(16)18-8-3-9-19-12(17)15(6-4-13)7-5-14/h1,3-9H2,2H3. The van der Waals surface area contributed by atoms with Crippen molar-refractivity contribution in [3.8, 4) is 0 Å². The molecule has 0 aliphatic rings. The van der Waals surface area contributed by atoms with Gasteiger partial charge in [-0.25, -0.2) is 9.59 Å². The number of hydrogen-bond donors (Lipinski definition) is 0. The fourth-order valence-corrected chi connectivity index (χ4v) is 1.50. The largest absolute Gasteiger partial charge is 0.462 e. The maximum absolute atomic E-state index is 11.6. The highest BCUT2D eigenvalue weighted by atomic mass is 35.5. The first kappa shape index (κ1) is 18.1. The highest BCUT2D eigenvalue weighted by Gasteiger charge is 2.13. The van der Waals surface area contributed by atoms with Crippen LogP contribution in [0.1, 0.15) is 13.3 Å². The van der Waals surface area contributed by atoms with Crippen LogP contribution in [-0.2, 0) is 14.3 Å². The van der Waals surface area contributed by atoms with Crippen molar-refractivity contribution >= 4 is 35.3 Å². The van der Waals surface area contributed by atoms with E-state index in [1.54, 1.807) is 6.92 Å². The van der Waals surface area contributed by atoms with Crippen LogP contribution in [0.4, 0.5) is 4.79 Å². The highest BCUT2D eigenvalue weighted by Crippen LogP contribution is 1.99. The summed E-state index contributed by atoms with van der Waals surface area (Å²) in [6, 6.07) is 0. The van der Waals surface area contributed by atoms with Gasteiger partial charge in [-0.1, -0.05) is 6.58 Å². The van der Waals surface area contributed by atoms with Crippen LogP contribution < -0.4 is 0 Å². The molecule has 0 atom stereocenters. The molecule has 0 aliphatic carbocycles. The first-order valence-corrected chi connectivity index (χ1v) is 6.96. The van der Waals surface area contributed by atoms with E-state index in [0.29, 0.717) is 36.8 Å². The molecule has 0 aromatic heterocycles. The summed E-state index contributed by atoms with van der Waals surface area (Å²) in [6.07, 6.45) is -0.0343. The van der Waals surface area contributed by atoms with Gasteiger partial charge in [0.25, 0.3) is 0 Å². The van der Waals surface area contributed by atoms with Gasteiger partial charge in [-0.15, -0.1) is 23.2 Å². The van der Waals surface area contributed by atoms with E-state index in [1.807, 2.05) is 0 Å². The Hall–Kier alpha value is -0.940. The zero-order valence-electron chi connectivity index (χ0n) is 11.0. The second-order valence-corrected chi connectivity index (χ2v) is 4.51. The van der Waals surface area contributed by atoms with Crippen molar-refractivity contribution in [1.82, 2.24) is 4.90 Å². The monoisotopic (exact) mass is 311 g/mol. The zero-order valence-corrected chi connectivity index (χ0v) is 12.5. The number of esters is 1. The molecular formula is C12H19Cl2NO4. The van der Waals surface area contributed by atoms with Crippen molar-refractivity contribution in [3.05, 3.63) is 12.2 Å². The Morgan fingerprint density at radius 1 is 1.11 bits per heavy atom. The third-order valence-corrected chi connectivity index (χ3v) is 2.40. The van der Waals surface area contributed by atoms with Crippen molar-refractivity contribution < 1.29 is 19.1 Å². The molecule has 0 unspecified atom stereocenters. The number of rotatable bonds is 9. The number of alkyl halides is 2. The Bertz CT molecular complexity index is 304. The van der Waals surface area contributed by atoms with Crippen LogP contribution in [0.3, 0.4) is 0 Å². The van der Waals surface area contributed by atoms with Crippen molar-refractivity contribution in [3.63, 3.8) is 0 Å². The third-order valence-electron chi connectivity index (χ3n) is 2.06. The van der Waals surface area contributed by atoms with E-state index in [1.165, 1.54) is 4.90 Å². The fraction of sp³-hybridized carbons (Fsp3) is 0.667. The maximum atomic E-state index is 11.6. The first-order chi connectivity index (χ1) is 9.02. The summed E-state index contributed by atoms with van der Waals surface area (Å²) in [6.45, 7) is 6.15. The number of carbonyl (C=O) groups is 2. The molecule has 0 fully saturated rings. The SMILES string of the molecule is C=C(C)C(=O)OCCCOC(=O)N(CCCl)CCCl. The van der Waals surface area contributed by atoms with E-state index in [9.17, 15) is 9.59 Å². The lowest BCUT2D eigenvalue weighted by molar-refractivity contribution is -0.139. The molecule has 0 aromatic rings. The van der Waals surface area contributed by atoms with Crippen molar-refractivity contribution in [2.75, 3.05) is 38.1 Å². The third kappa shape index (κ3) is 8.72. The summed E-state index contributed by atoms with van der Waals surface area (Å²) in [5.41, 5.74) is 0.340. The number of amides is 1. The number of hydrogen-bond acceptors (Lipinski definition) is 4. The van der Waals surface area contributed by atoms with Crippen molar-refractivity contribution in [1.29, 1.82) is 0 Å². The molecule has 5 nitrogen and oxygen atoms in total. The molecule has 0 bridgehead atoms. The van der Waals surface area contributed by atoms with Crippen LogP contribution in [0.25, 0.3) is 0 Å². The van der Waals surface area contributed by atoms with Gasteiger partial charge in [0, 0.05) is 36.8 Å². The van der Waals surface area contributed by atoms with Crippen LogP contribution >= 0.6 is 23.2 Å². The number of ether oxygens (including phenoxy) is 2. The molecule has 1 amide bonds. The molecule has 0 radical (unpaired) electrons. The summed E-state index contributed by atoms with van der Waals surface area (Å²) in [4.78, 5) is 24.1. The van der Waals surface area contributed by atoms with Crippen molar-refractivity contribution in [2.24, 2.45) is 0 Å². The molecule has 0 rings (SSSR count). The van der Waals surface area contributed by atoms with Gasteiger partial charge in [0.2, 0.25) is 0 Å². The van der Waals surface area contributed by atoms with Gasteiger partial charge in [0.1, 0.15) is 0 Å². The quantitative estimate of drug-likeness (QED) is 0.284. The fourth-order valence-electron chi connectivity index (χ4n) is 1.10. The Kier molecular flexibility index (Phi) is 10.4. The maximum Gasteiger partial charge on any atom is 0.409 e. The van der Waals surface area contributed by atoms with Gasteiger partial charge in [-0.2, -0.15) is 0 Å². The van der Waals surface area contributed by atoms with Crippen molar-refractivity contribution in [2.45, 2.75) is 13.3 Å². The predicted octanol–water partition coefficient (Wildman–Crippen LogP) is 2.41. The normalized spacial score (nSPS) is 9.84. The van der Waals surface area contributed by atoms with Gasteiger partial charge < -0.3 is 14.4 Å². The zero-order chi connectivity index (χ0) is 14.7. The Labute approximate surface area is 123 Å². The molecule has 0 spiro atoms. The van der Waals surface area contributed by atoms with E-state index in [2.05, 4.69) is 6.58 Å². The lowest BCUT2D eigenvalue weighted by atomic mass is 10.4. The molecule has 0 aliphatic heterocycles. The molecule has 0 aromatic carbocycles. The Balaban J connectivity index is 3.77. The van der Waals surface area contributed by atoms with Crippen LogP contribution in [0, 0.1) is 0 Å². The molecule has 110 valence electrons. The minimum atomic E-state index is -0.465. The topological polar surface area (TPSA) is 55.8 Å². The lowest BCUT2D eigenvalue weighted by Crippen LogP contribution is -2.35. The van der Waals surface area contributed by atoms with E-state index in [0.717, 1.165) is 0 Å². The second kappa shape index (κ2) is 10.9. The minimum absolute atomic E-state index is 0.170. The second-order valence-electron chi connectivity index (χ2n) is 3.75. The lowest BCUT2D eigenvalue weighted by Gasteiger charge is -2.19. The van der Waals surface area contributed by atoms with E-state index >= 15 is 0 Å². The van der Waals surface area contributed by atoms with E-state index in [-0.39, 0.29) is 13.2 Å². The molecule has 0 saturated heterocycles. The van der Waals surface area contributed by atoms with Crippen LogP contribution in [0.2, 0.25) is 0 Å². The average Bonchev–Trinajstić information content (AvgIpc) is 2.37. The molecule has 0 saturated carbocycles. The number of nitrogens with zero attached hydrogens (tertiary/aromatic N) is 1. The molecule has 0 heterocycles. The predicted molar refractivity (Wildman–Crippen MR) is 74.8 cm³/mol. The highest BCUT2D eigenvalue weighted by molar-refractivity contribution is 6.18. The van der Waals surface area contributed by atoms with E-state index in [4.69, 9.17) is 32.7 Å². The molecular weight excluding hydrogens is 293 g/mol. The molecule has 19 heavy (non-hydrogen) atoms. The van der Waals surface area contributed by atoms with Gasteiger partial charge in [-0.05, 0) is 6.92 Å². The smallest absolute Gasteiger partial charge is 0.409 e. The first-order valence-electron chi connectivity index (χ1n) is 5.89.